The lowest BCUT2D eigenvalue weighted by Gasteiger charge is -2.22. The third kappa shape index (κ3) is 3.47. The first kappa shape index (κ1) is 19.4. The number of hydrogen-bond acceptors (Lipinski definition) is 5. The van der Waals surface area contributed by atoms with Crippen molar-refractivity contribution in [1.29, 1.82) is 0 Å². The van der Waals surface area contributed by atoms with Crippen LogP contribution in [0.3, 0.4) is 0 Å². The van der Waals surface area contributed by atoms with Crippen LogP contribution in [-0.2, 0) is 9.59 Å². The Hall–Kier alpha value is -2.90. The van der Waals surface area contributed by atoms with E-state index in [4.69, 9.17) is 16.1 Å². The number of aromatic nitrogens is 1. The summed E-state index contributed by atoms with van der Waals surface area (Å²) in [5, 5.41) is 15.3. The number of aliphatic hydroxyl groups is 1. The average Bonchev–Trinajstić information content (AvgIpc) is 3.24. The molecule has 1 unspecified atom stereocenters. The second-order valence-electron chi connectivity index (χ2n) is 6.52. The summed E-state index contributed by atoms with van der Waals surface area (Å²) in [6.45, 7) is 1.69. The Morgan fingerprint density at radius 3 is 2.38 bits per heavy atom. The standard InChI is InChI=1S/C21H14BrClN2O4/c1-11-10-16(24-29-11)25-18(12-2-6-14(22)7-3-12)17(20(27)21(25)28)19(26)13-4-8-15(23)9-5-13/h2-10,18,26H,1H3. The minimum atomic E-state index is -0.858. The number of rotatable bonds is 3. The zero-order valence-corrected chi connectivity index (χ0v) is 17.4. The van der Waals surface area contributed by atoms with E-state index in [0.29, 0.717) is 21.9 Å². The molecule has 8 heteroatoms. The highest BCUT2D eigenvalue weighted by atomic mass is 79.9. The molecule has 0 radical (unpaired) electrons. The normalized spacial score (nSPS) is 18.4. The number of nitrogens with zero attached hydrogens (tertiary/aromatic N) is 2. The fraction of sp³-hybridized carbons (Fsp3) is 0.0952. The molecule has 2 heterocycles. The molecule has 1 aromatic heterocycles. The van der Waals surface area contributed by atoms with Crippen molar-refractivity contribution in [3.05, 3.63) is 86.6 Å². The Labute approximate surface area is 179 Å². The van der Waals surface area contributed by atoms with Crippen molar-refractivity contribution in [1.82, 2.24) is 5.16 Å². The van der Waals surface area contributed by atoms with Gasteiger partial charge in [-0.1, -0.05) is 44.8 Å². The molecule has 0 bridgehead atoms. The molecule has 1 atom stereocenters. The first-order valence-corrected chi connectivity index (χ1v) is 9.79. The fourth-order valence-electron chi connectivity index (χ4n) is 3.26. The SMILES string of the molecule is Cc1cc(N2C(=O)C(=O)C(=C(O)c3ccc(Cl)cc3)C2c2ccc(Br)cc2)no1. The van der Waals surface area contributed by atoms with Crippen LogP contribution < -0.4 is 4.90 Å². The van der Waals surface area contributed by atoms with E-state index in [-0.39, 0.29) is 17.2 Å². The van der Waals surface area contributed by atoms with E-state index in [1.165, 1.54) is 4.90 Å². The molecule has 1 aliphatic heterocycles. The number of benzene rings is 2. The highest BCUT2D eigenvalue weighted by Gasteiger charge is 2.48. The minimum absolute atomic E-state index is 0.0275. The van der Waals surface area contributed by atoms with E-state index in [2.05, 4.69) is 21.1 Å². The lowest BCUT2D eigenvalue weighted by molar-refractivity contribution is -0.132. The molecule has 0 spiro atoms. The van der Waals surface area contributed by atoms with Crippen LogP contribution in [-0.4, -0.2) is 22.0 Å². The molecule has 29 heavy (non-hydrogen) atoms. The second-order valence-corrected chi connectivity index (χ2v) is 7.88. The number of hydrogen-bond donors (Lipinski definition) is 1. The number of ketones is 1. The number of carbonyl (C=O) groups is 2. The first-order chi connectivity index (χ1) is 13.9. The molecule has 0 aliphatic carbocycles. The van der Waals surface area contributed by atoms with Gasteiger partial charge in [-0.15, -0.1) is 0 Å². The zero-order chi connectivity index (χ0) is 20.7. The number of carbonyl (C=O) groups excluding carboxylic acids is 2. The van der Waals surface area contributed by atoms with Gasteiger partial charge in [0.05, 0.1) is 11.6 Å². The van der Waals surface area contributed by atoms with E-state index in [1.807, 2.05) is 0 Å². The van der Waals surface area contributed by atoms with Gasteiger partial charge >= 0.3 is 5.91 Å². The number of Topliss-reactive ketones (excluding diaryl/α,β-unsaturated/α-hetero) is 1. The van der Waals surface area contributed by atoms with Crippen molar-refractivity contribution in [2.24, 2.45) is 0 Å². The predicted molar refractivity (Wildman–Crippen MR) is 112 cm³/mol. The van der Waals surface area contributed by atoms with E-state index < -0.39 is 17.7 Å². The summed E-state index contributed by atoms with van der Waals surface area (Å²) in [6, 6.07) is 14.2. The summed E-state index contributed by atoms with van der Waals surface area (Å²) in [5.74, 6) is -1.18. The largest absolute Gasteiger partial charge is 0.507 e. The average molecular weight is 474 g/mol. The van der Waals surface area contributed by atoms with Crippen LogP contribution in [0.1, 0.15) is 22.9 Å². The van der Waals surface area contributed by atoms with Crippen LogP contribution in [0.5, 0.6) is 0 Å². The molecule has 146 valence electrons. The summed E-state index contributed by atoms with van der Waals surface area (Å²) in [5.41, 5.74) is 0.995. The van der Waals surface area contributed by atoms with Gasteiger partial charge in [-0.25, -0.2) is 0 Å². The van der Waals surface area contributed by atoms with Crippen LogP contribution in [0.15, 0.2) is 69.2 Å². The third-order valence-corrected chi connectivity index (χ3v) is 5.39. The lowest BCUT2D eigenvalue weighted by Crippen LogP contribution is -2.29. The van der Waals surface area contributed by atoms with Crippen molar-refractivity contribution < 1.29 is 19.2 Å². The van der Waals surface area contributed by atoms with Crippen molar-refractivity contribution in [3.8, 4) is 0 Å². The summed E-state index contributed by atoms with van der Waals surface area (Å²) >= 11 is 9.30. The van der Waals surface area contributed by atoms with Crippen LogP contribution in [0.2, 0.25) is 5.02 Å². The maximum Gasteiger partial charge on any atom is 0.301 e. The summed E-state index contributed by atoms with van der Waals surface area (Å²) in [6.07, 6.45) is 0. The van der Waals surface area contributed by atoms with Gasteiger partial charge < -0.3 is 9.63 Å². The number of aryl methyl sites for hydroxylation is 1. The number of halogens is 2. The Balaban J connectivity index is 1.93. The van der Waals surface area contributed by atoms with Gasteiger partial charge in [-0.3, -0.25) is 14.5 Å². The van der Waals surface area contributed by atoms with Gasteiger partial charge in [0.25, 0.3) is 5.78 Å². The Bertz CT molecular complexity index is 1140. The maximum absolute atomic E-state index is 12.9. The van der Waals surface area contributed by atoms with Crippen molar-refractivity contribution in [3.63, 3.8) is 0 Å². The Kier molecular flexibility index (Phi) is 5.02. The van der Waals surface area contributed by atoms with Gasteiger partial charge in [-0.05, 0) is 48.9 Å². The maximum atomic E-state index is 12.9. The van der Waals surface area contributed by atoms with Gasteiger partial charge in [0, 0.05) is 21.1 Å². The van der Waals surface area contributed by atoms with Gasteiger partial charge in [0.2, 0.25) is 0 Å². The van der Waals surface area contributed by atoms with E-state index in [0.717, 1.165) is 4.47 Å². The number of amides is 1. The van der Waals surface area contributed by atoms with Crippen LogP contribution in [0.4, 0.5) is 5.82 Å². The van der Waals surface area contributed by atoms with Crippen molar-refractivity contribution >= 4 is 50.8 Å². The molecule has 1 aliphatic rings. The molecule has 3 aromatic rings. The molecule has 2 aromatic carbocycles. The molecule has 4 rings (SSSR count). The molecule has 0 saturated carbocycles. The van der Waals surface area contributed by atoms with Gasteiger partial charge in [0.1, 0.15) is 11.5 Å². The number of anilines is 1. The van der Waals surface area contributed by atoms with Gasteiger partial charge in [-0.2, -0.15) is 0 Å². The highest BCUT2D eigenvalue weighted by molar-refractivity contribution is 9.10. The molecule has 1 amide bonds. The van der Waals surface area contributed by atoms with Crippen LogP contribution in [0, 0.1) is 6.92 Å². The molecule has 1 saturated heterocycles. The second kappa shape index (κ2) is 7.50. The molecular weight excluding hydrogens is 460 g/mol. The van der Waals surface area contributed by atoms with Crippen molar-refractivity contribution in [2.75, 3.05) is 4.90 Å². The Morgan fingerprint density at radius 1 is 1.14 bits per heavy atom. The zero-order valence-electron chi connectivity index (χ0n) is 15.1. The van der Waals surface area contributed by atoms with E-state index >= 15 is 0 Å². The van der Waals surface area contributed by atoms with E-state index in [9.17, 15) is 14.7 Å². The summed E-state index contributed by atoms with van der Waals surface area (Å²) in [7, 11) is 0. The summed E-state index contributed by atoms with van der Waals surface area (Å²) in [4.78, 5) is 27.1. The van der Waals surface area contributed by atoms with E-state index in [1.54, 1.807) is 61.5 Å². The quantitative estimate of drug-likeness (QED) is 0.328. The first-order valence-electron chi connectivity index (χ1n) is 8.62. The topological polar surface area (TPSA) is 83.6 Å². The molecular formula is C21H14BrClN2O4. The fourth-order valence-corrected chi connectivity index (χ4v) is 3.65. The summed E-state index contributed by atoms with van der Waals surface area (Å²) < 4.78 is 5.94. The lowest BCUT2D eigenvalue weighted by atomic mass is 9.95. The third-order valence-electron chi connectivity index (χ3n) is 4.61. The van der Waals surface area contributed by atoms with Crippen LogP contribution >= 0.6 is 27.5 Å². The molecule has 1 fully saturated rings. The molecule has 1 N–H and O–H groups in total. The molecule has 6 nitrogen and oxygen atoms in total. The predicted octanol–water partition coefficient (Wildman–Crippen LogP) is 5.03. The number of aliphatic hydroxyl groups excluding tert-OH is 1. The smallest absolute Gasteiger partial charge is 0.301 e. The minimum Gasteiger partial charge on any atom is -0.507 e. The van der Waals surface area contributed by atoms with Crippen LogP contribution in [0.25, 0.3) is 5.76 Å². The monoisotopic (exact) mass is 472 g/mol. The van der Waals surface area contributed by atoms with Crippen molar-refractivity contribution in [2.45, 2.75) is 13.0 Å². The van der Waals surface area contributed by atoms with Gasteiger partial charge in [0.15, 0.2) is 5.82 Å². The highest BCUT2D eigenvalue weighted by Crippen LogP contribution is 2.42. The Morgan fingerprint density at radius 2 is 1.79 bits per heavy atom.